The van der Waals surface area contributed by atoms with Gasteiger partial charge in [0, 0.05) is 30.4 Å². The second-order valence-corrected chi connectivity index (χ2v) is 7.12. The van der Waals surface area contributed by atoms with Crippen LogP contribution >= 0.6 is 11.3 Å². The van der Waals surface area contributed by atoms with Gasteiger partial charge in [-0.1, -0.05) is 0 Å². The van der Waals surface area contributed by atoms with Crippen LogP contribution in [0.5, 0.6) is 0 Å². The third-order valence-corrected chi connectivity index (χ3v) is 4.88. The molecule has 2 atom stereocenters. The molecule has 1 saturated carbocycles. The van der Waals surface area contributed by atoms with Crippen molar-refractivity contribution in [3.63, 3.8) is 0 Å². The van der Waals surface area contributed by atoms with Crippen LogP contribution in [0, 0.1) is 5.92 Å². The summed E-state index contributed by atoms with van der Waals surface area (Å²) in [5.41, 5.74) is -0.499. The van der Waals surface area contributed by atoms with E-state index in [2.05, 4.69) is 20.7 Å². The summed E-state index contributed by atoms with van der Waals surface area (Å²) in [5, 5.41) is 23.1. The number of aryl methyl sites for hydroxylation is 1. The average Bonchev–Trinajstić information content (AvgIpc) is 3.00. The third kappa shape index (κ3) is 3.89. The van der Waals surface area contributed by atoms with Gasteiger partial charge in [0.1, 0.15) is 10.6 Å². The zero-order valence-electron chi connectivity index (χ0n) is 13.2. The van der Waals surface area contributed by atoms with Crippen molar-refractivity contribution < 1.29 is 9.90 Å². The van der Waals surface area contributed by atoms with E-state index in [-0.39, 0.29) is 18.6 Å². The molecule has 0 radical (unpaired) electrons. The molecule has 2 amide bonds. The summed E-state index contributed by atoms with van der Waals surface area (Å²) in [6.45, 7) is 1.77. The molecule has 2 unspecified atom stereocenters. The highest BCUT2D eigenvalue weighted by Crippen LogP contribution is 2.41. The van der Waals surface area contributed by atoms with E-state index in [1.54, 1.807) is 48.6 Å². The van der Waals surface area contributed by atoms with Crippen molar-refractivity contribution in [2.75, 3.05) is 6.54 Å². The minimum atomic E-state index is -1.16. The van der Waals surface area contributed by atoms with Crippen LogP contribution in [0.3, 0.4) is 0 Å². The second-order valence-electron chi connectivity index (χ2n) is 6.19. The van der Waals surface area contributed by atoms with Crippen LogP contribution in [0.25, 0.3) is 0 Å². The summed E-state index contributed by atoms with van der Waals surface area (Å²) in [5.74, 6) is 0.464. The molecule has 1 fully saturated rings. The minimum Gasteiger partial charge on any atom is -0.383 e. The number of carbonyl (C=O) groups is 1. The Balaban J connectivity index is 1.56. The van der Waals surface area contributed by atoms with E-state index in [1.807, 2.05) is 5.38 Å². The van der Waals surface area contributed by atoms with Gasteiger partial charge in [-0.25, -0.2) is 9.78 Å². The average molecular weight is 335 g/mol. The number of thiazole rings is 1. The number of hydrogen-bond donors (Lipinski definition) is 3. The molecule has 124 valence electrons. The number of rotatable bonds is 6. The van der Waals surface area contributed by atoms with Crippen molar-refractivity contribution in [2.24, 2.45) is 13.0 Å². The molecule has 2 aromatic heterocycles. The molecule has 3 N–H and O–H groups in total. The Morgan fingerprint density at radius 1 is 1.61 bits per heavy atom. The Morgan fingerprint density at radius 3 is 2.96 bits per heavy atom. The fraction of sp³-hybridized carbons (Fsp3) is 0.533. The normalized spacial score (nSPS) is 18.2. The predicted molar refractivity (Wildman–Crippen MR) is 86.9 cm³/mol. The first-order valence-corrected chi connectivity index (χ1v) is 8.49. The summed E-state index contributed by atoms with van der Waals surface area (Å²) in [6.07, 6.45) is 7.31. The topological polar surface area (TPSA) is 92.1 Å². The van der Waals surface area contributed by atoms with Gasteiger partial charge in [-0.15, -0.1) is 11.3 Å². The van der Waals surface area contributed by atoms with Crippen LogP contribution in [0.2, 0.25) is 0 Å². The summed E-state index contributed by atoms with van der Waals surface area (Å²) in [6, 6.07) is -0.334. The van der Waals surface area contributed by atoms with E-state index in [0.29, 0.717) is 11.5 Å². The molecule has 3 rings (SSSR count). The van der Waals surface area contributed by atoms with Crippen LogP contribution in [0.1, 0.15) is 36.4 Å². The number of aliphatic hydroxyl groups is 1. The summed E-state index contributed by atoms with van der Waals surface area (Å²) >= 11 is 1.55. The zero-order valence-corrected chi connectivity index (χ0v) is 14.0. The van der Waals surface area contributed by atoms with E-state index in [9.17, 15) is 9.90 Å². The molecule has 0 bridgehead atoms. The number of carbonyl (C=O) groups excluding carboxylic acids is 1. The predicted octanol–water partition coefficient (Wildman–Crippen LogP) is 1.53. The molecule has 8 heteroatoms. The second kappa shape index (κ2) is 6.29. The largest absolute Gasteiger partial charge is 0.383 e. The lowest BCUT2D eigenvalue weighted by atomic mass is 10.00. The lowest BCUT2D eigenvalue weighted by Gasteiger charge is -2.23. The lowest BCUT2D eigenvalue weighted by molar-refractivity contribution is 0.0591. The highest BCUT2D eigenvalue weighted by molar-refractivity contribution is 7.09. The van der Waals surface area contributed by atoms with Gasteiger partial charge in [0.25, 0.3) is 0 Å². The van der Waals surface area contributed by atoms with Gasteiger partial charge in [0.05, 0.1) is 18.8 Å². The van der Waals surface area contributed by atoms with Crippen molar-refractivity contribution in [1.29, 1.82) is 0 Å². The summed E-state index contributed by atoms with van der Waals surface area (Å²) < 4.78 is 1.62. The van der Waals surface area contributed by atoms with E-state index in [1.165, 1.54) is 0 Å². The molecule has 1 aliphatic carbocycles. The number of urea groups is 1. The third-order valence-electron chi connectivity index (χ3n) is 4.02. The fourth-order valence-corrected chi connectivity index (χ4v) is 3.23. The van der Waals surface area contributed by atoms with Crippen LogP contribution in [-0.4, -0.2) is 32.4 Å². The number of amides is 2. The maximum atomic E-state index is 12.2. The van der Waals surface area contributed by atoms with Crippen molar-refractivity contribution in [3.8, 4) is 0 Å². The Kier molecular flexibility index (Phi) is 4.36. The van der Waals surface area contributed by atoms with Gasteiger partial charge in [0.2, 0.25) is 0 Å². The van der Waals surface area contributed by atoms with E-state index >= 15 is 0 Å². The SMILES string of the molecule is Cn1cc(C(C)(O)CNC(=O)NC(c2nccs2)C2CC2)cn1. The lowest BCUT2D eigenvalue weighted by Crippen LogP contribution is -2.44. The monoisotopic (exact) mass is 335 g/mol. The first kappa shape index (κ1) is 15.9. The maximum Gasteiger partial charge on any atom is 0.315 e. The van der Waals surface area contributed by atoms with Crippen LogP contribution in [-0.2, 0) is 12.6 Å². The highest BCUT2D eigenvalue weighted by atomic mass is 32.1. The molecule has 0 spiro atoms. The molecule has 2 heterocycles. The molecule has 2 aromatic rings. The smallest absolute Gasteiger partial charge is 0.315 e. The number of nitrogens with zero attached hydrogens (tertiary/aromatic N) is 3. The fourth-order valence-electron chi connectivity index (χ4n) is 2.44. The highest BCUT2D eigenvalue weighted by Gasteiger charge is 2.35. The first-order chi connectivity index (χ1) is 11.0. The first-order valence-electron chi connectivity index (χ1n) is 7.61. The maximum absolute atomic E-state index is 12.2. The molecule has 0 saturated heterocycles. The number of aromatic nitrogens is 3. The van der Waals surface area contributed by atoms with Crippen molar-refractivity contribution in [2.45, 2.75) is 31.4 Å². The Hall–Kier alpha value is -1.93. The van der Waals surface area contributed by atoms with E-state index < -0.39 is 5.60 Å². The van der Waals surface area contributed by atoms with Gasteiger partial charge >= 0.3 is 6.03 Å². The Bertz CT molecular complexity index is 663. The van der Waals surface area contributed by atoms with E-state index in [0.717, 1.165) is 17.8 Å². The molecule has 23 heavy (non-hydrogen) atoms. The minimum absolute atomic E-state index is 0.0432. The standard InChI is InChI=1S/C15H21N5O2S/c1-15(22,11-7-18-20(2)8-11)9-17-14(21)19-12(10-3-4-10)13-16-5-6-23-13/h5-8,10,12,22H,3-4,9H2,1-2H3,(H2,17,19,21). The molecular weight excluding hydrogens is 314 g/mol. The molecular formula is C15H21N5O2S. The van der Waals surface area contributed by atoms with Crippen LogP contribution in [0.4, 0.5) is 4.79 Å². The Labute approximate surface area is 138 Å². The van der Waals surface area contributed by atoms with Gasteiger partial charge in [-0.05, 0) is 25.7 Å². The van der Waals surface area contributed by atoms with Gasteiger partial charge < -0.3 is 15.7 Å². The summed E-state index contributed by atoms with van der Waals surface area (Å²) in [4.78, 5) is 16.5. The Morgan fingerprint density at radius 2 is 2.39 bits per heavy atom. The van der Waals surface area contributed by atoms with Crippen molar-refractivity contribution >= 4 is 17.4 Å². The van der Waals surface area contributed by atoms with Crippen LogP contribution in [0.15, 0.2) is 24.0 Å². The van der Waals surface area contributed by atoms with Crippen molar-refractivity contribution in [3.05, 3.63) is 34.5 Å². The molecule has 0 aromatic carbocycles. The molecule has 7 nitrogen and oxygen atoms in total. The summed E-state index contributed by atoms with van der Waals surface area (Å²) in [7, 11) is 1.79. The molecule has 0 aliphatic heterocycles. The number of hydrogen-bond acceptors (Lipinski definition) is 5. The van der Waals surface area contributed by atoms with E-state index in [4.69, 9.17) is 0 Å². The van der Waals surface area contributed by atoms with Crippen LogP contribution < -0.4 is 10.6 Å². The van der Waals surface area contributed by atoms with Gasteiger partial charge in [-0.3, -0.25) is 4.68 Å². The van der Waals surface area contributed by atoms with Gasteiger partial charge in [0.15, 0.2) is 0 Å². The van der Waals surface area contributed by atoms with Gasteiger partial charge in [-0.2, -0.15) is 5.10 Å². The molecule has 1 aliphatic rings. The number of nitrogens with one attached hydrogen (secondary N) is 2. The zero-order chi connectivity index (χ0) is 16.4. The van der Waals surface area contributed by atoms with Crippen molar-refractivity contribution in [1.82, 2.24) is 25.4 Å². The quantitative estimate of drug-likeness (QED) is 0.746.